The molecule has 2 nitrogen and oxygen atoms in total. The molecule has 1 rings (SSSR count). The molecule has 0 saturated carbocycles. The maximum Gasteiger partial charge on any atom is 0.0856 e. The topological polar surface area (TPSA) is 18.5 Å². The van der Waals surface area contributed by atoms with E-state index in [1.165, 1.54) is 0 Å². The Balaban J connectivity index is 2.17. The number of hydrogen-bond acceptors (Lipinski definition) is 2. The normalized spacial score (nSPS) is 26.0. The van der Waals surface area contributed by atoms with Gasteiger partial charge in [-0.05, 0) is 12.8 Å². The molecule has 8 heavy (non-hydrogen) atoms. The molecule has 0 atom stereocenters. The van der Waals surface area contributed by atoms with Gasteiger partial charge in [0.2, 0.25) is 0 Å². The van der Waals surface area contributed by atoms with E-state index in [0.717, 1.165) is 12.8 Å². The predicted molar refractivity (Wildman–Crippen MR) is 30.3 cm³/mol. The second kappa shape index (κ2) is 3.64. The van der Waals surface area contributed by atoms with E-state index in [2.05, 4.69) is 12.2 Å². The average molecular weight is 114 g/mol. The fraction of sp³-hybridized carbons (Fsp3) is 0.667. The maximum absolute atomic E-state index is 4.72. The van der Waals surface area contributed by atoms with E-state index in [4.69, 9.17) is 9.78 Å². The molecule has 0 saturated heterocycles. The summed E-state index contributed by atoms with van der Waals surface area (Å²) in [7, 11) is 0. The third-order valence-corrected chi connectivity index (χ3v) is 0.986. The van der Waals surface area contributed by atoms with Crippen molar-refractivity contribution in [1.82, 2.24) is 0 Å². The zero-order valence-corrected chi connectivity index (χ0v) is 4.80. The van der Waals surface area contributed by atoms with Gasteiger partial charge < -0.3 is 0 Å². The SMILES string of the molecule is C1=C\CCOOCC/1. The van der Waals surface area contributed by atoms with Gasteiger partial charge in [-0.2, -0.15) is 0 Å². The highest BCUT2D eigenvalue weighted by Crippen LogP contribution is 1.95. The van der Waals surface area contributed by atoms with E-state index in [9.17, 15) is 0 Å². The molecule has 1 aliphatic heterocycles. The summed E-state index contributed by atoms with van der Waals surface area (Å²) in [5.41, 5.74) is 0. The summed E-state index contributed by atoms with van der Waals surface area (Å²) in [5.74, 6) is 0. The van der Waals surface area contributed by atoms with Crippen LogP contribution in [0.1, 0.15) is 12.8 Å². The average Bonchev–Trinajstić information content (AvgIpc) is 1.62. The minimum atomic E-state index is 0.691. The highest BCUT2D eigenvalue weighted by molar-refractivity contribution is 4.81. The molecule has 1 aliphatic rings. The van der Waals surface area contributed by atoms with Gasteiger partial charge in [-0.25, -0.2) is 9.78 Å². The van der Waals surface area contributed by atoms with Crippen molar-refractivity contribution >= 4 is 0 Å². The first-order valence-corrected chi connectivity index (χ1v) is 2.89. The summed E-state index contributed by atoms with van der Waals surface area (Å²) >= 11 is 0. The predicted octanol–water partition coefficient (Wildman–Crippen LogP) is 1.28. The van der Waals surface area contributed by atoms with Gasteiger partial charge in [-0.1, -0.05) is 12.2 Å². The fourth-order valence-electron chi connectivity index (χ4n) is 0.586. The highest BCUT2D eigenvalue weighted by atomic mass is 17.2. The van der Waals surface area contributed by atoms with Gasteiger partial charge in [0.25, 0.3) is 0 Å². The Kier molecular flexibility index (Phi) is 2.63. The standard InChI is InChI=1S/C6H10O2/c1-2-4-6-8-7-5-3-1/h1-2H,3-6H2/b2-1-. The van der Waals surface area contributed by atoms with Crippen LogP contribution >= 0.6 is 0 Å². The lowest BCUT2D eigenvalue weighted by atomic mass is 10.3. The van der Waals surface area contributed by atoms with Crippen molar-refractivity contribution in [3.8, 4) is 0 Å². The monoisotopic (exact) mass is 114 g/mol. The van der Waals surface area contributed by atoms with Crippen molar-refractivity contribution in [2.75, 3.05) is 13.2 Å². The van der Waals surface area contributed by atoms with Crippen LogP contribution in [-0.2, 0) is 9.78 Å². The van der Waals surface area contributed by atoms with Gasteiger partial charge in [0.15, 0.2) is 0 Å². The van der Waals surface area contributed by atoms with Gasteiger partial charge in [0.1, 0.15) is 0 Å². The van der Waals surface area contributed by atoms with Crippen LogP contribution in [0.15, 0.2) is 12.2 Å². The third kappa shape index (κ3) is 2.09. The summed E-state index contributed by atoms with van der Waals surface area (Å²) < 4.78 is 0. The van der Waals surface area contributed by atoms with Crippen LogP contribution < -0.4 is 0 Å². The van der Waals surface area contributed by atoms with Crippen molar-refractivity contribution in [2.24, 2.45) is 0 Å². The summed E-state index contributed by atoms with van der Waals surface area (Å²) in [6.07, 6.45) is 6.17. The summed E-state index contributed by atoms with van der Waals surface area (Å²) in [5, 5.41) is 0. The molecule has 2 heteroatoms. The molecule has 0 aromatic rings. The quantitative estimate of drug-likeness (QED) is 0.349. The molecule has 0 unspecified atom stereocenters. The molecular formula is C6H10O2. The largest absolute Gasteiger partial charge is 0.236 e. The molecule has 0 aromatic heterocycles. The molecule has 0 fully saturated rings. The second-order valence-corrected chi connectivity index (χ2v) is 1.69. The van der Waals surface area contributed by atoms with Crippen LogP contribution in [0.25, 0.3) is 0 Å². The lowest BCUT2D eigenvalue weighted by molar-refractivity contribution is -0.293. The van der Waals surface area contributed by atoms with Crippen LogP contribution in [0.5, 0.6) is 0 Å². The summed E-state index contributed by atoms with van der Waals surface area (Å²) in [6.45, 7) is 1.38. The van der Waals surface area contributed by atoms with E-state index in [0.29, 0.717) is 13.2 Å². The number of rotatable bonds is 0. The minimum absolute atomic E-state index is 0.691. The highest BCUT2D eigenvalue weighted by Gasteiger charge is 1.89. The summed E-state index contributed by atoms with van der Waals surface area (Å²) in [6, 6.07) is 0. The van der Waals surface area contributed by atoms with Crippen molar-refractivity contribution in [3.05, 3.63) is 12.2 Å². The van der Waals surface area contributed by atoms with Crippen molar-refractivity contribution in [3.63, 3.8) is 0 Å². The zero-order chi connectivity index (χ0) is 5.66. The van der Waals surface area contributed by atoms with E-state index in [-0.39, 0.29) is 0 Å². The maximum atomic E-state index is 4.72. The van der Waals surface area contributed by atoms with Gasteiger partial charge in [0.05, 0.1) is 13.2 Å². The fourth-order valence-corrected chi connectivity index (χ4v) is 0.586. The molecule has 0 N–H and O–H groups in total. The van der Waals surface area contributed by atoms with E-state index >= 15 is 0 Å². The lowest BCUT2D eigenvalue weighted by Crippen LogP contribution is -1.99. The molecule has 0 aliphatic carbocycles. The number of hydrogen-bond donors (Lipinski definition) is 0. The Morgan fingerprint density at radius 3 is 1.88 bits per heavy atom. The first-order valence-electron chi connectivity index (χ1n) is 2.89. The molecule has 1 heterocycles. The molecule has 0 radical (unpaired) electrons. The van der Waals surface area contributed by atoms with Crippen molar-refractivity contribution in [1.29, 1.82) is 0 Å². The molecule has 0 bridgehead atoms. The van der Waals surface area contributed by atoms with E-state index < -0.39 is 0 Å². The van der Waals surface area contributed by atoms with Gasteiger partial charge >= 0.3 is 0 Å². The molecule has 0 amide bonds. The minimum Gasteiger partial charge on any atom is -0.236 e. The van der Waals surface area contributed by atoms with Gasteiger partial charge in [-0.15, -0.1) is 0 Å². The first-order chi connectivity index (χ1) is 4.00. The van der Waals surface area contributed by atoms with E-state index in [1.807, 2.05) is 0 Å². The van der Waals surface area contributed by atoms with Crippen molar-refractivity contribution < 1.29 is 9.78 Å². The summed E-state index contributed by atoms with van der Waals surface area (Å²) in [4.78, 5) is 9.45. The van der Waals surface area contributed by atoms with E-state index in [1.54, 1.807) is 0 Å². The van der Waals surface area contributed by atoms with Crippen LogP contribution in [0, 0.1) is 0 Å². The van der Waals surface area contributed by atoms with Crippen LogP contribution in [-0.4, -0.2) is 13.2 Å². The van der Waals surface area contributed by atoms with Gasteiger partial charge in [-0.3, -0.25) is 0 Å². The lowest BCUT2D eigenvalue weighted by Gasteiger charge is -2.02. The van der Waals surface area contributed by atoms with Crippen LogP contribution in [0.4, 0.5) is 0 Å². The first kappa shape index (κ1) is 5.79. The smallest absolute Gasteiger partial charge is 0.0856 e. The van der Waals surface area contributed by atoms with Crippen LogP contribution in [0.3, 0.4) is 0 Å². The Morgan fingerprint density at radius 2 is 1.38 bits per heavy atom. The van der Waals surface area contributed by atoms with Crippen molar-refractivity contribution in [2.45, 2.75) is 12.8 Å². The Labute approximate surface area is 49.0 Å². The molecule has 46 valence electrons. The molecule has 0 aromatic carbocycles. The third-order valence-electron chi connectivity index (χ3n) is 0.986. The Bertz CT molecular complexity index is 68.6. The Hall–Kier alpha value is -0.340. The second-order valence-electron chi connectivity index (χ2n) is 1.69. The Morgan fingerprint density at radius 1 is 0.875 bits per heavy atom. The van der Waals surface area contributed by atoms with Crippen LogP contribution in [0.2, 0.25) is 0 Å². The molecule has 0 spiro atoms. The molecular weight excluding hydrogens is 104 g/mol. The zero-order valence-electron chi connectivity index (χ0n) is 4.80. The van der Waals surface area contributed by atoms with Gasteiger partial charge in [0, 0.05) is 0 Å².